The highest BCUT2D eigenvalue weighted by Gasteiger charge is 2.37. The van der Waals surface area contributed by atoms with E-state index in [0.29, 0.717) is 13.2 Å². The zero-order chi connectivity index (χ0) is 19.5. The highest BCUT2D eigenvalue weighted by molar-refractivity contribution is 7.97. The van der Waals surface area contributed by atoms with E-state index >= 15 is 0 Å². The third-order valence-corrected chi connectivity index (χ3v) is 7.48. The van der Waals surface area contributed by atoms with Crippen molar-refractivity contribution in [3.8, 4) is 5.75 Å². The number of hydrogen-bond acceptors (Lipinski definition) is 3. The van der Waals surface area contributed by atoms with Gasteiger partial charge in [-0.05, 0) is 56.3 Å². The summed E-state index contributed by atoms with van der Waals surface area (Å²) in [4.78, 5) is 16.5. The van der Waals surface area contributed by atoms with E-state index in [4.69, 9.17) is 9.47 Å². The molecule has 0 N–H and O–H groups in total. The van der Waals surface area contributed by atoms with E-state index in [1.54, 1.807) is 0 Å². The summed E-state index contributed by atoms with van der Waals surface area (Å²) in [7, 11) is -0.726. The Morgan fingerprint density at radius 2 is 1.79 bits per heavy atom. The minimum Gasteiger partial charge on any atom is -0.491 e. The fraction of sp³-hybridized carbons (Fsp3) is 0.250. The van der Waals surface area contributed by atoms with Crippen molar-refractivity contribution in [2.75, 3.05) is 13.2 Å². The van der Waals surface area contributed by atoms with Crippen molar-refractivity contribution >= 4 is 21.1 Å². The molecular formula is C24H25O3S+. The average Bonchev–Trinajstić information content (AvgIpc) is 2.72. The van der Waals surface area contributed by atoms with E-state index in [9.17, 15) is 4.79 Å². The van der Waals surface area contributed by atoms with Crippen molar-refractivity contribution in [2.24, 2.45) is 5.92 Å². The lowest BCUT2D eigenvalue weighted by Crippen LogP contribution is -2.31. The van der Waals surface area contributed by atoms with E-state index < -0.39 is 10.5 Å². The number of Topliss-reactive ketones (excluding diaryl/α,β-unsaturated/α-hetero) is 1. The Morgan fingerprint density at radius 3 is 2.57 bits per heavy atom. The monoisotopic (exact) mass is 393 g/mol. The lowest BCUT2D eigenvalue weighted by Gasteiger charge is -2.23. The van der Waals surface area contributed by atoms with Crippen LogP contribution >= 0.6 is 0 Å². The fourth-order valence-electron chi connectivity index (χ4n) is 3.57. The molecule has 0 fully saturated rings. The van der Waals surface area contributed by atoms with Crippen molar-refractivity contribution in [1.29, 1.82) is 0 Å². The van der Waals surface area contributed by atoms with Gasteiger partial charge in [-0.25, -0.2) is 0 Å². The van der Waals surface area contributed by atoms with Crippen molar-refractivity contribution in [3.05, 3.63) is 78.4 Å². The molecule has 3 nitrogen and oxygen atoms in total. The van der Waals surface area contributed by atoms with Crippen LogP contribution < -0.4 is 4.74 Å². The molecule has 0 aromatic heterocycles. The predicted molar refractivity (Wildman–Crippen MR) is 116 cm³/mol. The molecule has 2 aliphatic rings. The molecule has 1 heterocycles. The predicted octanol–water partition coefficient (Wildman–Crippen LogP) is 4.37. The van der Waals surface area contributed by atoms with Crippen LogP contribution in [0.15, 0.2) is 82.6 Å². The lowest BCUT2D eigenvalue weighted by molar-refractivity contribution is 0.0552. The molecule has 2 atom stereocenters. The Morgan fingerprint density at radius 1 is 1.00 bits per heavy atom. The first kappa shape index (κ1) is 18.9. The third kappa shape index (κ3) is 3.75. The third-order valence-electron chi connectivity index (χ3n) is 4.85. The summed E-state index contributed by atoms with van der Waals surface area (Å²) in [5, 5.41) is 0. The van der Waals surface area contributed by atoms with Crippen LogP contribution in [0.2, 0.25) is 0 Å². The Labute approximate surface area is 168 Å². The van der Waals surface area contributed by atoms with Crippen LogP contribution in [0.4, 0.5) is 0 Å². The summed E-state index contributed by atoms with van der Waals surface area (Å²) in [5.41, 5.74) is 0.855. The first-order valence-electron chi connectivity index (χ1n) is 9.64. The number of ketones is 1. The zero-order valence-corrected chi connectivity index (χ0v) is 17.1. The molecule has 0 amide bonds. The number of fused-ring (bicyclic) bond motifs is 2. The summed E-state index contributed by atoms with van der Waals surface area (Å²) in [6, 6.07) is 16.3. The van der Waals surface area contributed by atoms with Gasteiger partial charge in [0.2, 0.25) is 0 Å². The highest BCUT2D eigenvalue weighted by atomic mass is 32.2. The number of ether oxygens (including phenoxy) is 2. The summed E-state index contributed by atoms with van der Waals surface area (Å²) >= 11 is 0. The van der Waals surface area contributed by atoms with Crippen LogP contribution in [0, 0.1) is 5.92 Å². The topological polar surface area (TPSA) is 35.5 Å². The highest BCUT2D eigenvalue weighted by Crippen LogP contribution is 2.33. The molecular weight excluding hydrogens is 368 g/mol. The number of thiol groups is 1. The molecule has 2 unspecified atom stereocenters. The number of carbonyl (C=O) groups is 1. The van der Waals surface area contributed by atoms with Gasteiger partial charge in [-0.15, -0.1) is 0 Å². The average molecular weight is 394 g/mol. The van der Waals surface area contributed by atoms with Crippen LogP contribution in [0.3, 0.4) is 0 Å². The van der Waals surface area contributed by atoms with Crippen molar-refractivity contribution in [3.63, 3.8) is 0 Å². The summed E-state index contributed by atoms with van der Waals surface area (Å²) in [6.07, 6.45) is 8.37. The summed E-state index contributed by atoms with van der Waals surface area (Å²) < 4.78 is 11.3. The molecule has 4 heteroatoms. The molecule has 2 aromatic rings. The number of allylic oxidation sites excluding steroid dienone is 4. The first-order valence-corrected chi connectivity index (χ1v) is 11.0. The van der Waals surface area contributed by atoms with E-state index in [2.05, 4.69) is 24.3 Å². The number of carbonyl (C=O) groups excluding carboxylic acids is 1. The molecule has 1 aliphatic carbocycles. The van der Waals surface area contributed by atoms with Gasteiger partial charge in [0.05, 0.1) is 18.3 Å². The second-order valence-electron chi connectivity index (χ2n) is 7.13. The van der Waals surface area contributed by atoms with Crippen molar-refractivity contribution < 1.29 is 14.3 Å². The smallest absolute Gasteiger partial charge is 0.183 e. The fourth-order valence-corrected chi connectivity index (χ4v) is 6.25. The Kier molecular flexibility index (Phi) is 5.60. The zero-order valence-electron chi connectivity index (χ0n) is 16.2. The van der Waals surface area contributed by atoms with Gasteiger partial charge in [-0.2, -0.15) is 0 Å². The Balaban J connectivity index is 1.64. The summed E-state index contributed by atoms with van der Waals surface area (Å²) in [5.74, 6) is 0.901. The van der Waals surface area contributed by atoms with Gasteiger partial charge in [-0.1, -0.05) is 40.8 Å². The first-order chi connectivity index (χ1) is 13.6. The molecule has 144 valence electrons. The van der Waals surface area contributed by atoms with E-state index in [1.807, 2.05) is 62.4 Å². The van der Waals surface area contributed by atoms with Gasteiger partial charge < -0.3 is 9.47 Å². The van der Waals surface area contributed by atoms with Crippen molar-refractivity contribution in [1.82, 2.24) is 0 Å². The molecule has 0 saturated carbocycles. The van der Waals surface area contributed by atoms with Crippen LogP contribution in [-0.2, 0) is 15.2 Å². The van der Waals surface area contributed by atoms with Crippen molar-refractivity contribution in [2.45, 2.75) is 29.7 Å². The van der Waals surface area contributed by atoms with Crippen LogP contribution in [0.5, 0.6) is 5.75 Å². The quantitative estimate of drug-likeness (QED) is 0.316. The van der Waals surface area contributed by atoms with Gasteiger partial charge in [0.15, 0.2) is 5.78 Å². The second-order valence-corrected chi connectivity index (χ2v) is 9.31. The molecule has 0 bridgehead atoms. The molecule has 0 saturated heterocycles. The van der Waals surface area contributed by atoms with Gasteiger partial charge in [0.1, 0.15) is 32.9 Å². The normalized spacial score (nSPS) is 20.2. The number of rotatable bonds is 6. The SMILES string of the molecule is CC(C)OCCOc1ccc([SH+]2=C3C=CC=CC3C(=O)c3ccccc32)cc1. The maximum atomic E-state index is 12.9. The lowest BCUT2D eigenvalue weighted by atomic mass is 9.91. The maximum Gasteiger partial charge on any atom is 0.183 e. The molecule has 2 aromatic carbocycles. The molecule has 4 rings (SSSR count). The molecule has 0 radical (unpaired) electrons. The van der Waals surface area contributed by atoms with Gasteiger partial charge in [0, 0.05) is 0 Å². The molecule has 28 heavy (non-hydrogen) atoms. The van der Waals surface area contributed by atoms with Crippen LogP contribution in [-0.4, -0.2) is 30.0 Å². The van der Waals surface area contributed by atoms with Crippen LogP contribution in [0.1, 0.15) is 24.2 Å². The largest absolute Gasteiger partial charge is 0.491 e. The van der Waals surface area contributed by atoms with Gasteiger partial charge in [0.25, 0.3) is 0 Å². The standard InChI is InChI=1S/C24H24O3S/c1-17(2)26-15-16-27-18-11-13-19(14-12-18)28-22-9-5-3-7-20(22)24(25)21-8-4-6-10-23(21)28/h3-14,17,20H,15-16H2,1-2H3/p+1. The summed E-state index contributed by atoms with van der Waals surface area (Å²) in [6.45, 7) is 5.15. The Hall–Kier alpha value is -2.43. The minimum atomic E-state index is -0.726. The van der Waals surface area contributed by atoms with E-state index in [-0.39, 0.29) is 17.8 Å². The molecule has 0 spiro atoms. The van der Waals surface area contributed by atoms with Gasteiger partial charge >= 0.3 is 0 Å². The second kappa shape index (κ2) is 8.29. The van der Waals surface area contributed by atoms with E-state index in [0.717, 1.165) is 16.2 Å². The number of benzene rings is 2. The van der Waals surface area contributed by atoms with E-state index in [1.165, 1.54) is 9.76 Å². The molecule has 1 aliphatic heterocycles. The minimum absolute atomic E-state index is 0.143. The van der Waals surface area contributed by atoms with Gasteiger partial charge in [-0.3, -0.25) is 4.79 Å². The Bertz CT molecular complexity index is 968. The van der Waals surface area contributed by atoms with Crippen LogP contribution in [0.25, 0.3) is 0 Å². The maximum absolute atomic E-state index is 12.9. The number of hydrogen-bond donors (Lipinski definition) is 0.